The van der Waals surface area contributed by atoms with Crippen molar-refractivity contribution in [1.29, 1.82) is 0 Å². The Morgan fingerprint density at radius 2 is 2.04 bits per heavy atom. The van der Waals surface area contributed by atoms with E-state index in [1.165, 1.54) is 0 Å². The summed E-state index contributed by atoms with van der Waals surface area (Å²) < 4.78 is 1.76. The van der Waals surface area contributed by atoms with Gasteiger partial charge in [0.25, 0.3) is 0 Å². The Labute approximate surface area is 140 Å². The molecule has 1 aliphatic rings. The van der Waals surface area contributed by atoms with Gasteiger partial charge in [-0.3, -0.25) is 9.59 Å². The molecule has 1 aromatic carbocycles. The van der Waals surface area contributed by atoms with Gasteiger partial charge >= 0.3 is 5.97 Å². The maximum Gasteiger partial charge on any atom is 0.308 e. The standard InChI is InChI=1S/C18H21N3O3/c1-13(18(23)24)12-20(15-7-8-15)17(22)11-14-3-5-16(6-4-14)21-10-2-9-19-21/h2-6,9-10,13,15H,7-8,11-12H2,1H3,(H,23,24). The van der Waals surface area contributed by atoms with Crippen LogP contribution >= 0.6 is 0 Å². The van der Waals surface area contributed by atoms with Crippen LogP contribution < -0.4 is 0 Å². The highest BCUT2D eigenvalue weighted by atomic mass is 16.4. The smallest absolute Gasteiger partial charge is 0.308 e. The third-order valence-electron chi connectivity index (χ3n) is 4.26. The van der Waals surface area contributed by atoms with Gasteiger partial charge in [0.15, 0.2) is 0 Å². The summed E-state index contributed by atoms with van der Waals surface area (Å²) in [6.07, 6.45) is 5.81. The predicted molar refractivity (Wildman–Crippen MR) is 88.8 cm³/mol. The molecule has 0 bridgehead atoms. The van der Waals surface area contributed by atoms with Crippen LogP contribution in [0.4, 0.5) is 0 Å². The Morgan fingerprint density at radius 3 is 2.58 bits per heavy atom. The fraction of sp³-hybridized carbons (Fsp3) is 0.389. The summed E-state index contributed by atoms with van der Waals surface area (Å²) >= 11 is 0. The summed E-state index contributed by atoms with van der Waals surface area (Å²) in [5.41, 5.74) is 1.86. The third-order valence-corrected chi connectivity index (χ3v) is 4.26. The number of aromatic nitrogens is 2. The third kappa shape index (κ3) is 3.82. The molecule has 2 aromatic rings. The molecule has 1 amide bonds. The minimum absolute atomic E-state index is 0.00237. The minimum Gasteiger partial charge on any atom is -0.481 e. The van der Waals surface area contributed by atoms with Crippen molar-refractivity contribution in [3.63, 3.8) is 0 Å². The lowest BCUT2D eigenvalue weighted by molar-refractivity contribution is -0.143. The molecule has 1 aromatic heterocycles. The van der Waals surface area contributed by atoms with Gasteiger partial charge in [0.05, 0.1) is 18.0 Å². The zero-order valence-electron chi connectivity index (χ0n) is 13.6. The van der Waals surface area contributed by atoms with E-state index >= 15 is 0 Å². The number of rotatable bonds is 7. The Kier molecular flexibility index (Phi) is 4.64. The highest BCUT2D eigenvalue weighted by Gasteiger charge is 2.34. The normalized spacial score (nSPS) is 15.0. The number of hydrogen-bond donors (Lipinski definition) is 1. The summed E-state index contributed by atoms with van der Waals surface area (Å²) in [4.78, 5) is 25.4. The van der Waals surface area contributed by atoms with Gasteiger partial charge < -0.3 is 10.0 Å². The van der Waals surface area contributed by atoms with E-state index in [-0.39, 0.29) is 18.5 Å². The molecule has 1 atom stereocenters. The molecular weight excluding hydrogens is 306 g/mol. The average Bonchev–Trinajstić information content (AvgIpc) is 3.26. The van der Waals surface area contributed by atoms with E-state index in [4.69, 9.17) is 5.11 Å². The van der Waals surface area contributed by atoms with E-state index < -0.39 is 11.9 Å². The molecule has 0 aliphatic heterocycles. The van der Waals surface area contributed by atoms with Crippen LogP contribution in [-0.2, 0) is 16.0 Å². The van der Waals surface area contributed by atoms with Crippen LogP contribution in [0.15, 0.2) is 42.7 Å². The molecule has 0 spiro atoms. The Morgan fingerprint density at radius 1 is 1.33 bits per heavy atom. The van der Waals surface area contributed by atoms with E-state index in [2.05, 4.69) is 5.10 Å². The van der Waals surface area contributed by atoms with Gasteiger partial charge in [-0.05, 0) is 36.6 Å². The number of hydrogen-bond acceptors (Lipinski definition) is 3. The molecule has 1 saturated carbocycles. The second kappa shape index (κ2) is 6.86. The molecule has 6 heteroatoms. The van der Waals surface area contributed by atoms with Crippen LogP contribution in [0, 0.1) is 5.92 Å². The predicted octanol–water partition coefficient (Wildman–Crippen LogP) is 2.13. The van der Waals surface area contributed by atoms with Crippen molar-refractivity contribution < 1.29 is 14.7 Å². The first-order valence-electron chi connectivity index (χ1n) is 8.16. The molecule has 1 fully saturated rings. The van der Waals surface area contributed by atoms with Gasteiger partial charge in [-0.2, -0.15) is 5.10 Å². The van der Waals surface area contributed by atoms with Gasteiger partial charge in [0.1, 0.15) is 0 Å². The first kappa shape index (κ1) is 16.2. The molecule has 6 nitrogen and oxygen atoms in total. The number of nitrogens with zero attached hydrogens (tertiary/aromatic N) is 3. The van der Waals surface area contributed by atoms with Gasteiger partial charge in [0, 0.05) is 25.0 Å². The zero-order valence-corrected chi connectivity index (χ0v) is 13.6. The number of carbonyl (C=O) groups is 2. The fourth-order valence-electron chi connectivity index (χ4n) is 2.68. The Hall–Kier alpha value is -2.63. The van der Waals surface area contributed by atoms with Crippen molar-refractivity contribution in [2.24, 2.45) is 5.92 Å². The topological polar surface area (TPSA) is 75.4 Å². The lowest BCUT2D eigenvalue weighted by Crippen LogP contribution is -2.39. The first-order valence-corrected chi connectivity index (χ1v) is 8.16. The number of aliphatic carboxylic acids is 1. The molecule has 1 unspecified atom stereocenters. The van der Waals surface area contributed by atoms with Crippen molar-refractivity contribution in [1.82, 2.24) is 14.7 Å². The number of benzene rings is 1. The SMILES string of the molecule is CC(CN(C(=O)Cc1ccc(-n2cccn2)cc1)C1CC1)C(=O)O. The van der Waals surface area contributed by atoms with E-state index in [0.29, 0.717) is 6.42 Å². The highest BCUT2D eigenvalue weighted by molar-refractivity contribution is 5.80. The molecule has 0 radical (unpaired) electrons. The van der Waals surface area contributed by atoms with Crippen molar-refractivity contribution >= 4 is 11.9 Å². The molecule has 126 valence electrons. The van der Waals surface area contributed by atoms with E-state index in [9.17, 15) is 9.59 Å². The van der Waals surface area contributed by atoms with Crippen molar-refractivity contribution in [2.75, 3.05) is 6.54 Å². The van der Waals surface area contributed by atoms with Crippen LogP contribution in [0.25, 0.3) is 5.69 Å². The Balaban J connectivity index is 1.65. The van der Waals surface area contributed by atoms with Crippen LogP contribution in [0.2, 0.25) is 0 Å². The summed E-state index contributed by atoms with van der Waals surface area (Å²) in [7, 11) is 0. The largest absolute Gasteiger partial charge is 0.481 e. The van der Waals surface area contributed by atoms with Crippen molar-refractivity contribution in [2.45, 2.75) is 32.2 Å². The van der Waals surface area contributed by atoms with E-state index in [1.54, 1.807) is 22.7 Å². The number of carbonyl (C=O) groups excluding carboxylic acids is 1. The van der Waals surface area contributed by atoms with Crippen LogP contribution in [0.5, 0.6) is 0 Å². The van der Waals surface area contributed by atoms with Gasteiger partial charge in [-0.1, -0.05) is 19.1 Å². The van der Waals surface area contributed by atoms with Gasteiger partial charge in [0.2, 0.25) is 5.91 Å². The summed E-state index contributed by atoms with van der Waals surface area (Å²) in [6, 6.07) is 9.76. The summed E-state index contributed by atoms with van der Waals surface area (Å²) in [6.45, 7) is 1.92. The number of amides is 1. The quantitative estimate of drug-likeness (QED) is 0.845. The van der Waals surface area contributed by atoms with Gasteiger partial charge in [-0.25, -0.2) is 4.68 Å². The van der Waals surface area contributed by atoms with Crippen molar-refractivity contribution in [3.8, 4) is 5.69 Å². The minimum atomic E-state index is -0.864. The molecule has 1 aliphatic carbocycles. The highest BCUT2D eigenvalue weighted by Crippen LogP contribution is 2.28. The second-order valence-corrected chi connectivity index (χ2v) is 6.31. The average molecular weight is 327 g/mol. The molecular formula is C18H21N3O3. The molecule has 3 rings (SSSR count). The lowest BCUT2D eigenvalue weighted by atomic mass is 10.1. The van der Waals surface area contributed by atoms with E-state index in [0.717, 1.165) is 24.1 Å². The fourth-order valence-corrected chi connectivity index (χ4v) is 2.68. The maximum atomic E-state index is 12.6. The van der Waals surface area contributed by atoms with Crippen molar-refractivity contribution in [3.05, 3.63) is 48.3 Å². The zero-order chi connectivity index (χ0) is 17.1. The molecule has 24 heavy (non-hydrogen) atoms. The molecule has 1 N–H and O–H groups in total. The number of carboxylic acids is 1. The number of carboxylic acid groups (broad SMARTS) is 1. The summed E-state index contributed by atoms with van der Waals surface area (Å²) in [5.74, 6) is -1.41. The first-order chi connectivity index (χ1) is 11.5. The second-order valence-electron chi connectivity index (χ2n) is 6.31. The van der Waals surface area contributed by atoms with Gasteiger partial charge in [-0.15, -0.1) is 0 Å². The molecule has 0 saturated heterocycles. The lowest BCUT2D eigenvalue weighted by Gasteiger charge is -2.24. The molecule has 1 heterocycles. The van der Waals surface area contributed by atoms with E-state index in [1.807, 2.05) is 36.5 Å². The Bertz CT molecular complexity index is 706. The van der Waals surface area contributed by atoms with Crippen LogP contribution in [0.1, 0.15) is 25.3 Å². The van der Waals surface area contributed by atoms with Crippen LogP contribution in [-0.4, -0.2) is 44.3 Å². The van der Waals surface area contributed by atoms with Crippen LogP contribution in [0.3, 0.4) is 0 Å². The monoisotopic (exact) mass is 327 g/mol. The summed E-state index contributed by atoms with van der Waals surface area (Å²) in [5, 5.41) is 13.3. The maximum absolute atomic E-state index is 12.6.